The predicted molar refractivity (Wildman–Crippen MR) is 70.4 cm³/mol. The van der Waals surface area contributed by atoms with E-state index in [0.717, 1.165) is 24.3 Å². The molecule has 0 spiro atoms. The topological polar surface area (TPSA) is 19.4 Å². The molecular formula is C12H20ClN3. The van der Waals surface area contributed by atoms with Gasteiger partial charge in [-0.3, -0.25) is 4.98 Å². The van der Waals surface area contributed by atoms with Crippen LogP contribution in [-0.2, 0) is 5.88 Å². The van der Waals surface area contributed by atoms with Crippen LogP contribution < -0.4 is 4.90 Å². The number of likely N-dealkylation sites (N-methyl/N-ethyl adjacent to an activating group) is 2. The summed E-state index contributed by atoms with van der Waals surface area (Å²) in [5.41, 5.74) is 3.30. The maximum Gasteiger partial charge on any atom is 0.0509 e. The van der Waals surface area contributed by atoms with Gasteiger partial charge in [-0.1, -0.05) is 0 Å². The highest BCUT2D eigenvalue weighted by Gasteiger charge is 2.08. The number of alkyl halides is 1. The van der Waals surface area contributed by atoms with Crippen molar-refractivity contribution in [3.8, 4) is 0 Å². The Kier molecular flexibility index (Phi) is 5.03. The number of hydrogen-bond donors (Lipinski definition) is 0. The van der Waals surface area contributed by atoms with E-state index in [0.29, 0.717) is 5.88 Å². The lowest BCUT2D eigenvalue weighted by atomic mass is 10.2. The second-order valence-electron chi connectivity index (χ2n) is 4.31. The molecule has 0 saturated carbocycles. The number of anilines is 1. The molecule has 0 aromatic carbocycles. The number of pyridine rings is 1. The minimum Gasteiger partial charge on any atom is -0.373 e. The number of halogens is 1. The molecule has 0 N–H and O–H groups in total. The second-order valence-corrected chi connectivity index (χ2v) is 4.58. The van der Waals surface area contributed by atoms with Crippen LogP contribution in [0, 0.1) is 6.92 Å². The van der Waals surface area contributed by atoms with Crippen molar-refractivity contribution in [2.75, 3.05) is 39.1 Å². The summed E-state index contributed by atoms with van der Waals surface area (Å²) in [6.45, 7) is 4.02. The van der Waals surface area contributed by atoms with Crippen LogP contribution in [0.5, 0.6) is 0 Å². The van der Waals surface area contributed by atoms with Gasteiger partial charge >= 0.3 is 0 Å². The van der Waals surface area contributed by atoms with E-state index in [1.165, 1.54) is 5.69 Å². The highest BCUT2D eigenvalue weighted by molar-refractivity contribution is 6.17. The molecule has 0 fully saturated rings. The molecule has 3 nitrogen and oxygen atoms in total. The molecule has 1 aromatic rings. The van der Waals surface area contributed by atoms with E-state index < -0.39 is 0 Å². The third kappa shape index (κ3) is 3.65. The van der Waals surface area contributed by atoms with Crippen LogP contribution >= 0.6 is 11.6 Å². The van der Waals surface area contributed by atoms with Gasteiger partial charge in [0.05, 0.1) is 5.88 Å². The molecule has 0 bridgehead atoms. The van der Waals surface area contributed by atoms with Gasteiger partial charge in [0, 0.05) is 43.3 Å². The van der Waals surface area contributed by atoms with Gasteiger partial charge in [-0.05, 0) is 27.1 Å². The first-order valence-electron chi connectivity index (χ1n) is 5.42. The molecule has 0 amide bonds. The van der Waals surface area contributed by atoms with Gasteiger partial charge in [0.2, 0.25) is 0 Å². The first-order chi connectivity index (χ1) is 7.54. The van der Waals surface area contributed by atoms with Crippen LogP contribution in [0.25, 0.3) is 0 Å². The molecule has 0 radical (unpaired) electrons. The van der Waals surface area contributed by atoms with Gasteiger partial charge in [-0.2, -0.15) is 0 Å². The van der Waals surface area contributed by atoms with Gasteiger partial charge in [0.25, 0.3) is 0 Å². The Morgan fingerprint density at radius 3 is 2.50 bits per heavy atom. The first kappa shape index (κ1) is 13.3. The normalized spacial score (nSPS) is 10.9. The SMILES string of the molecule is Cc1cc(N(C)CCN(C)C)c(CCl)cn1. The predicted octanol–water partition coefficient (Wildman–Crippen LogP) is 2.13. The van der Waals surface area contributed by atoms with Crippen molar-refractivity contribution < 1.29 is 0 Å². The molecule has 0 aliphatic heterocycles. The monoisotopic (exact) mass is 241 g/mol. The maximum absolute atomic E-state index is 5.91. The summed E-state index contributed by atoms with van der Waals surface area (Å²) >= 11 is 5.91. The summed E-state index contributed by atoms with van der Waals surface area (Å²) in [5.74, 6) is 0.509. The molecule has 0 saturated heterocycles. The zero-order valence-electron chi connectivity index (χ0n) is 10.5. The fraction of sp³-hybridized carbons (Fsp3) is 0.583. The molecule has 1 aromatic heterocycles. The zero-order chi connectivity index (χ0) is 12.1. The lowest BCUT2D eigenvalue weighted by molar-refractivity contribution is 0.416. The van der Waals surface area contributed by atoms with Gasteiger partial charge in [0.15, 0.2) is 0 Å². The summed E-state index contributed by atoms with van der Waals surface area (Å²) in [5, 5.41) is 0. The van der Waals surface area contributed by atoms with Crippen LogP contribution in [0.4, 0.5) is 5.69 Å². The van der Waals surface area contributed by atoms with Crippen molar-refractivity contribution in [3.63, 3.8) is 0 Å². The molecule has 0 atom stereocenters. The lowest BCUT2D eigenvalue weighted by Crippen LogP contribution is -2.29. The average molecular weight is 242 g/mol. The lowest BCUT2D eigenvalue weighted by Gasteiger charge is -2.23. The Balaban J connectivity index is 2.80. The molecule has 0 aliphatic carbocycles. The van der Waals surface area contributed by atoms with Crippen LogP contribution in [0.1, 0.15) is 11.3 Å². The molecule has 0 aliphatic rings. The summed E-state index contributed by atoms with van der Waals surface area (Å²) in [6.07, 6.45) is 1.86. The minimum atomic E-state index is 0.509. The molecule has 1 heterocycles. The Hall–Kier alpha value is -0.800. The number of aromatic nitrogens is 1. The highest BCUT2D eigenvalue weighted by Crippen LogP contribution is 2.21. The quantitative estimate of drug-likeness (QED) is 0.737. The molecular weight excluding hydrogens is 222 g/mol. The average Bonchev–Trinajstić information content (AvgIpc) is 2.25. The van der Waals surface area contributed by atoms with Crippen LogP contribution in [-0.4, -0.2) is 44.1 Å². The van der Waals surface area contributed by atoms with E-state index in [4.69, 9.17) is 11.6 Å². The van der Waals surface area contributed by atoms with Gasteiger partial charge in [-0.15, -0.1) is 11.6 Å². The maximum atomic E-state index is 5.91. The van der Waals surface area contributed by atoms with Gasteiger partial charge < -0.3 is 9.80 Å². The number of nitrogens with zero attached hydrogens (tertiary/aromatic N) is 3. The van der Waals surface area contributed by atoms with E-state index in [2.05, 4.69) is 42.0 Å². The van der Waals surface area contributed by atoms with Crippen molar-refractivity contribution in [1.82, 2.24) is 9.88 Å². The van der Waals surface area contributed by atoms with Crippen LogP contribution in [0.3, 0.4) is 0 Å². The fourth-order valence-corrected chi connectivity index (χ4v) is 1.71. The number of hydrogen-bond acceptors (Lipinski definition) is 3. The molecule has 1 rings (SSSR count). The van der Waals surface area contributed by atoms with E-state index in [9.17, 15) is 0 Å². The summed E-state index contributed by atoms with van der Waals surface area (Å²) < 4.78 is 0. The van der Waals surface area contributed by atoms with Crippen LogP contribution in [0.15, 0.2) is 12.3 Å². The van der Waals surface area contributed by atoms with E-state index in [1.54, 1.807) is 0 Å². The Bertz CT molecular complexity index is 339. The summed E-state index contributed by atoms with van der Waals surface area (Å²) in [6, 6.07) is 2.09. The minimum absolute atomic E-state index is 0.509. The summed E-state index contributed by atoms with van der Waals surface area (Å²) in [4.78, 5) is 8.67. The van der Waals surface area contributed by atoms with Crippen molar-refractivity contribution in [3.05, 3.63) is 23.5 Å². The van der Waals surface area contributed by atoms with E-state index in [1.807, 2.05) is 13.1 Å². The van der Waals surface area contributed by atoms with Gasteiger partial charge in [-0.25, -0.2) is 0 Å². The number of aryl methyl sites for hydroxylation is 1. The highest BCUT2D eigenvalue weighted by atomic mass is 35.5. The molecule has 4 heteroatoms. The Labute approximate surface area is 103 Å². The first-order valence-corrected chi connectivity index (χ1v) is 5.95. The van der Waals surface area contributed by atoms with Crippen molar-refractivity contribution in [2.45, 2.75) is 12.8 Å². The third-order valence-electron chi connectivity index (χ3n) is 2.54. The van der Waals surface area contributed by atoms with Crippen molar-refractivity contribution in [1.29, 1.82) is 0 Å². The summed E-state index contributed by atoms with van der Waals surface area (Å²) in [7, 11) is 6.25. The Morgan fingerprint density at radius 1 is 1.25 bits per heavy atom. The molecule has 90 valence electrons. The second kappa shape index (κ2) is 6.06. The Morgan fingerprint density at radius 2 is 1.94 bits per heavy atom. The molecule has 0 unspecified atom stereocenters. The standard InChI is InChI=1S/C12H20ClN3/c1-10-7-12(11(8-13)9-14-10)16(4)6-5-15(2)3/h7,9H,5-6,8H2,1-4H3. The number of rotatable bonds is 5. The smallest absolute Gasteiger partial charge is 0.0509 e. The van der Waals surface area contributed by atoms with Crippen molar-refractivity contribution >= 4 is 17.3 Å². The van der Waals surface area contributed by atoms with Crippen molar-refractivity contribution in [2.24, 2.45) is 0 Å². The van der Waals surface area contributed by atoms with Crippen LogP contribution in [0.2, 0.25) is 0 Å². The zero-order valence-corrected chi connectivity index (χ0v) is 11.3. The fourth-order valence-electron chi connectivity index (χ4n) is 1.50. The van der Waals surface area contributed by atoms with Gasteiger partial charge in [0.1, 0.15) is 0 Å². The van der Waals surface area contributed by atoms with E-state index >= 15 is 0 Å². The molecule has 16 heavy (non-hydrogen) atoms. The third-order valence-corrected chi connectivity index (χ3v) is 2.82. The van der Waals surface area contributed by atoms with E-state index in [-0.39, 0.29) is 0 Å². The largest absolute Gasteiger partial charge is 0.373 e.